The molecule has 0 radical (unpaired) electrons. The molecule has 6 heteroatoms. The van der Waals surface area contributed by atoms with Crippen LogP contribution >= 0.6 is 0 Å². The van der Waals surface area contributed by atoms with E-state index in [2.05, 4.69) is 10.6 Å². The molecule has 1 atom stereocenters. The maximum atomic E-state index is 13.3. The number of ether oxygens (including phenoxy) is 2. The van der Waals surface area contributed by atoms with E-state index < -0.39 is 11.9 Å². The fraction of sp³-hybridized carbons (Fsp3) is 0.500. The maximum Gasteiger partial charge on any atom is 0.254 e. The van der Waals surface area contributed by atoms with Gasteiger partial charge in [0.25, 0.3) is 5.91 Å². The van der Waals surface area contributed by atoms with Crippen molar-refractivity contribution in [2.24, 2.45) is 0 Å². The molecule has 0 spiro atoms. The highest BCUT2D eigenvalue weighted by Crippen LogP contribution is 2.26. The largest absolute Gasteiger partial charge is 0.489 e. The van der Waals surface area contributed by atoms with Crippen LogP contribution in [0.1, 0.15) is 13.8 Å². The lowest BCUT2D eigenvalue weighted by Gasteiger charge is -2.23. The Balaban J connectivity index is 2.10. The summed E-state index contributed by atoms with van der Waals surface area (Å²) in [7, 11) is 0. The summed E-state index contributed by atoms with van der Waals surface area (Å²) in [4.78, 5) is 12.1. The molecule has 1 aliphatic rings. The lowest BCUT2D eigenvalue weighted by molar-refractivity contribution is -0.128. The van der Waals surface area contributed by atoms with E-state index in [4.69, 9.17) is 9.47 Å². The second-order valence-electron chi connectivity index (χ2n) is 4.86. The number of anilines is 1. The minimum absolute atomic E-state index is 0.0660. The predicted molar refractivity (Wildman–Crippen MR) is 73.4 cm³/mol. The molecule has 1 aliphatic heterocycles. The number of rotatable bonds is 4. The van der Waals surface area contributed by atoms with Gasteiger partial charge in [-0.15, -0.1) is 0 Å². The minimum Gasteiger partial charge on any atom is -0.489 e. The normalized spacial score (nSPS) is 18.9. The smallest absolute Gasteiger partial charge is 0.254 e. The van der Waals surface area contributed by atoms with Crippen molar-refractivity contribution in [1.82, 2.24) is 5.32 Å². The van der Waals surface area contributed by atoms with Crippen molar-refractivity contribution in [2.75, 3.05) is 25.0 Å². The average molecular weight is 282 g/mol. The van der Waals surface area contributed by atoms with E-state index in [-0.39, 0.29) is 12.0 Å². The van der Waals surface area contributed by atoms with Crippen molar-refractivity contribution >= 4 is 11.6 Å². The van der Waals surface area contributed by atoms with Gasteiger partial charge in [0, 0.05) is 19.2 Å². The van der Waals surface area contributed by atoms with Gasteiger partial charge in [-0.1, -0.05) is 0 Å². The third kappa shape index (κ3) is 3.91. The highest BCUT2D eigenvalue weighted by atomic mass is 19.1. The van der Waals surface area contributed by atoms with E-state index in [9.17, 15) is 9.18 Å². The van der Waals surface area contributed by atoms with Crippen LogP contribution in [0.3, 0.4) is 0 Å². The Morgan fingerprint density at radius 1 is 1.55 bits per heavy atom. The number of carbonyl (C=O) groups excluding carboxylic acids is 1. The summed E-state index contributed by atoms with van der Waals surface area (Å²) in [6.07, 6.45) is -0.636. The number of hydrogen-bond acceptors (Lipinski definition) is 4. The Bertz CT molecular complexity index is 473. The van der Waals surface area contributed by atoms with Crippen molar-refractivity contribution in [3.63, 3.8) is 0 Å². The summed E-state index contributed by atoms with van der Waals surface area (Å²) in [6.45, 7) is 5.38. The van der Waals surface area contributed by atoms with E-state index >= 15 is 0 Å². The molecule has 1 aromatic carbocycles. The van der Waals surface area contributed by atoms with E-state index in [1.165, 1.54) is 18.2 Å². The number of nitrogens with one attached hydrogen (secondary N) is 2. The number of hydrogen-bond donors (Lipinski definition) is 2. The van der Waals surface area contributed by atoms with Gasteiger partial charge in [-0.25, -0.2) is 4.39 Å². The van der Waals surface area contributed by atoms with Crippen LogP contribution in [0.4, 0.5) is 10.1 Å². The molecule has 5 nitrogen and oxygen atoms in total. The summed E-state index contributed by atoms with van der Waals surface area (Å²) in [5.41, 5.74) is 0.317. The van der Waals surface area contributed by atoms with Crippen molar-refractivity contribution in [1.29, 1.82) is 0 Å². The van der Waals surface area contributed by atoms with Gasteiger partial charge in [0.05, 0.1) is 18.4 Å². The first-order valence-electron chi connectivity index (χ1n) is 6.65. The second kappa shape index (κ2) is 6.67. The number of morpholine rings is 1. The minimum atomic E-state index is -0.570. The number of amides is 1. The molecular formula is C14H19FN2O3. The molecule has 0 aliphatic carbocycles. The lowest BCUT2D eigenvalue weighted by atomic mass is 10.2. The topological polar surface area (TPSA) is 59.6 Å². The van der Waals surface area contributed by atoms with E-state index in [0.717, 1.165) is 6.54 Å². The molecule has 0 bridgehead atoms. The number of carbonyl (C=O) groups is 1. The maximum absolute atomic E-state index is 13.3. The van der Waals surface area contributed by atoms with Crippen LogP contribution in [-0.2, 0) is 9.53 Å². The lowest BCUT2D eigenvalue weighted by Crippen LogP contribution is -2.45. The van der Waals surface area contributed by atoms with Crippen molar-refractivity contribution in [3.8, 4) is 5.75 Å². The summed E-state index contributed by atoms with van der Waals surface area (Å²) in [5, 5.41) is 5.73. The standard InChI is InChI=1S/C14H19FN2O3/c1-9(2)20-12-4-3-10(15)7-11(12)17-14(18)13-8-16-5-6-19-13/h3-4,7,9,13,16H,5-6,8H2,1-2H3,(H,17,18). The molecular weight excluding hydrogens is 263 g/mol. The molecule has 2 N–H and O–H groups in total. The molecule has 0 saturated carbocycles. The van der Waals surface area contributed by atoms with Crippen molar-refractivity contribution in [2.45, 2.75) is 26.1 Å². The molecule has 1 unspecified atom stereocenters. The second-order valence-corrected chi connectivity index (χ2v) is 4.86. The Labute approximate surface area is 117 Å². The van der Waals surface area contributed by atoms with Crippen molar-refractivity contribution < 1.29 is 18.7 Å². The van der Waals surface area contributed by atoms with Crippen molar-refractivity contribution in [3.05, 3.63) is 24.0 Å². The Kier molecular flexibility index (Phi) is 4.92. The van der Waals surface area contributed by atoms with Gasteiger partial charge in [-0.2, -0.15) is 0 Å². The first-order chi connectivity index (χ1) is 9.56. The first-order valence-corrected chi connectivity index (χ1v) is 6.65. The van der Waals surface area contributed by atoms with Gasteiger partial charge in [0.2, 0.25) is 0 Å². The van der Waals surface area contributed by atoms with Gasteiger partial charge >= 0.3 is 0 Å². The molecule has 0 aromatic heterocycles. The van der Waals surface area contributed by atoms with E-state index in [0.29, 0.717) is 24.6 Å². The fourth-order valence-corrected chi connectivity index (χ4v) is 1.90. The third-order valence-corrected chi connectivity index (χ3v) is 2.78. The number of benzene rings is 1. The third-order valence-electron chi connectivity index (χ3n) is 2.78. The van der Waals surface area contributed by atoms with Gasteiger partial charge in [0.1, 0.15) is 17.7 Å². The summed E-state index contributed by atoms with van der Waals surface area (Å²) < 4.78 is 24.2. The quantitative estimate of drug-likeness (QED) is 0.879. The predicted octanol–water partition coefficient (Wildman–Crippen LogP) is 1.54. The molecule has 1 heterocycles. The molecule has 1 aromatic rings. The van der Waals surface area contributed by atoms with Gasteiger partial charge in [-0.05, 0) is 26.0 Å². The van der Waals surface area contributed by atoms with Crippen LogP contribution < -0.4 is 15.4 Å². The first kappa shape index (κ1) is 14.7. The Morgan fingerprint density at radius 2 is 2.35 bits per heavy atom. The highest BCUT2D eigenvalue weighted by Gasteiger charge is 2.23. The molecule has 1 saturated heterocycles. The van der Waals surface area contributed by atoms with Crippen LogP contribution in [0.25, 0.3) is 0 Å². The zero-order valence-corrected chi connectivity index (χ0v) is 11.6. The Hall–Kier alpha value is -1.66. The van der Waals surface area contributed by atoms with Gasteiger partial charge < -0.3 is 20.1 Å². The van der Waals surface area contributed by atoms with Gasteiger partial charge in [-0.3, -0.25) is 4.79 Å². The fourth-order valence-electron chi connectivity index (χ4n) is 1.90. The van der Waals surface area contributed by atoms with Crippen LogP contribution in [0, 0.1) is 5.82 Å². The monoisotopic (exact) mass is 282 g/mol. The molecule has 110 valence electrons. The summed E-state index contributed by atoms with van der Waals surface area (Å²) in [6, 6.07) is 4.04. The summed E-state index contributed by atoms with van der Waals surface area (Å²) in [5.74, 6) is -0.297. The SMILES string of the molecule is CC(C)Oc1ccc(F)cc1NC(=O)C1CNCCO1. The van der Waals surface area contributed by atoms with Crippen LogP contribution in [-0.4, -0.2) is 37.8 Å². The highest BCUT2D eigenvalue weighted by molar-refractivity contribution is 5.95. The summed E-state index contributed by atoms with van der Waals surface area (Å²) >= 11 is 0. The van der Waals surface area contributed by atoms with Crippen LogP contribution in [0.2, 0.25) is 0 Å². The molecule has 1 amide bonds. The Morgan fingerprint density at radius 3 is 3.00 bits per heavy atom. The van der Waals surface area contributed by atoms with E-state index in [1.54, 1.807) is 0 Å². The molecule has 2 rings (SSSR count). The van der Waals surface area contributed by atoms with Gasteiger partial charge in [0.15, 0.2) is 0 Å². The molecule has 1 fully saturated rings. The average Bonchev–Trinajstić information content (AvgIpc) is 2.42. The molecule has 20 heavy (non-hydrogen) atoms. The zero-order valence-electron chi connectivity index (χ0n) is 11.6. The number of halogens is 1. The van der Waals surface area contributed by atoms with E-state index in [1.807, 2.05) is 13.8 Å². The van der Waals surface area contributed by atoms with Crippen LogP contribution in [0.15, 0.2) is 18.2 Å². The van der Waals surface area contributed by atoms with Crippen LogP contribution in [0.5, 0.6) is 5.75 Å². The zero-order chi connectivity index (χ0) is 14.5.